The van der Waals surface area contributed by atoms with E-state index < -0.39 is 0 Å². The Labute approximate surface area is 108 Å². The molecule has 17 heavy (non-hydrogen) atoms. The predicted molar refractivity (Wildman–Crippen MR) is 73.4 cm³/mol. The maximum absolute atomic E-state index is 6.02. The molecule has 1 rings (SSSR count). The van der Waals surface area contributed by atoms with E-state index >= 15 is 0 Å². The molecule has 4 heteroatoms. The van der Waals surface area contributed by atoms with Gasteiger partial charge in [-0.25, -0.2) is 4.98 Å². The molecule has 0 atom stereocenters. The molecule has 0 saturated carbocycles. The quantitative estimate of drug-likeness (QED) is 0.851. The first-order chi connectivity index (χ1) is 7.87. The van der Waals surface area contributed by atoms with Crippen LogP contribution in [0.1, 0.15) is 51.2 Å². The van der Waals surface area contributed by atoms with Crippen molar-refractivity contribution in [3.05, 3.63) is 16.1 Å². The molecule has 0 amide bonds. The van der Waals surface area contributed by atoms with Gasteiger partial charge in [0.1, 0.15) is 10.6 Å². The van der Waals surface area contributed by atoms with Gasteiger partial charge in [-0.15, -0.1) is 11.3 Å². The largest absolute Gasteiger partial charge is 0.371 e. The van der Waals surface area contributed by atoms with Crippen LogP contribution < -0.4 is 5.73 Å². The van der Waals surface area contributed by atoms with Gasteiger partial charge in [0, 0.05) is 24.4 Å². The molecule has 0 spiro atoms. The van der Waals surface area contributed by atoms with Crippen LogP contribution in [0.3, 0.4) is 0 Å². The predicted octanol–water partition coefficient (Wildman–Crippen LogP) is 3.08. The second kappa shape index (κ2) is 5.46. The maximum atomic E-state index is 6.02. The van der Waals surface area contributed by atoms with Crippen LogP contribution in [0, 0.1) is 0 Å². The minimum absolute atomic E-state index is 0.209. The Morgan fingerprint density at radius 3 is 2.35 bits per heavy atom. The van der Waals surface area contributed by atoms with Crippen molar-refractivity contribution in [2.24, 2.45) is 5.73 Å². The van der Waals surface area contributed by atoms with Gasteiger partial charge in [0.2, 0.25) is 0 Å². The summed E-state index contributed by atoms with van der Waals surface area (Å²) in [4.78, 5) is 4.69. The third kappa shape index (κ3) is 3.50. The normalized spacial score (nSPS) is 13.1. The molecule has 3 nitrogen and oxygen atoms in total. The van der Waals surface area contributed by atoms with Crippen molar-refractivity contribution in [3.63, 3.8) is 0 Å². The summed E-state index contributed by atoms with van der Waals surface area (Å²) in [5.41, 5.74) is 6.66. The highest BCUT2D eigenvalue weighted by molar-refractivity contribution is 7.09. The van der Waals surface area contributed by atoms with Crippen LogP contribution in [-0.4, -0.2) is 17.6 Å². The van der Waals surface area contributed by atoms with Gasteiger partial charge < -0.3 is 10.5 Å². The number of aromatic nitrogens is 1. The Balaban J connectivity index is 2.93. The van der Waals surface area contributed by atoms with Crippen LogP contribution in [0.4, 0.5) is 0 Å². The molecule has 0 aliphatic rings. The van der Waals surface area contributed by atoms with Gasteiger partial charge in [0.15, 0.2) is 0 Å². The van der Waals surface area contributed by atoms with Gasteiger partial charge in [0.05, 0.1) is 5.69 Å². The molecule has 1 heterocycles. The van der Waals surface area contributed by atoms with Crippen LogP contribution in [0.2, 0.25) is 0 Å². The van der Waals surface area contributed by atoms with Crippen molar-refractivity contribution in [3.8, 4) is 0 Å². The molecule has 0 aliphatic heterocycles. The van der Waals surface area contributed by atoms with E-state index in [0.717, 1.165) is 30.0 Å². The van der Waals surface area contributed by atoms with Crippen LogP contribution in [-0.2, 0) is 16.8 Å². The molecule has 0 bridgehead atoms. The van der Waals surface area contributed by atoms with Crippen molar-refractivity contribution >= 4 is 11.3 Å². The molecule has 1 aromatic rings. The van der Waals surface area contributed by atoms with Crippen molar-refractivity contribution in [2.75, 3.05) is 7.11 Å². The van der Waals surface area contributed by atoms with E-state index in [4.69, 9.17) is 15.5 Å². The van der Waals surface area contributed by atoms with Crippen molar-refractivity contribution in [2.45, 2.75) is 58.1 Å². The average Bonchev–Trinajstić information content (AvgIpc) is 2.68. The molecular formula is C13H24N2OS. The van der Waals surface area contributed by atoms with Gasteiger partial charge in [-0.2, -0.15) is 0 Å². The third-order valence-electron chi connectivity index (χ3n) is 3.11. The summed E-state index contributed by atoms with van der Waals surface area (Å²) in [7, 11) is 1.76. The molecule has 0 radical (unpaired) electrons. The van der Waals surface area contributed by atoms with Crippen LogP contribution in [0.5, 0.6) is 0 Å². The van der Waals surface area contributed by atoms with E-state index in [2.05, 4.69) is 19.2 Å². The number of thiazole rings is 1. The number of hydrogen-bond acceptors (Lipinski definition) is 4. The number of ether oxygens (including phenoxy) is 1. The molecule has 0 aromatic carbocycles. The first-order valence-electron chi connectivity index (χ1n) is 6.16. The molecular weight excluding hydrogens is 232 g/mol. The van der Waals surface area contributed by atoms with Gasteiger partial charge >= 0.3 is 0 Å². The molecule has 0 fully saturated rings. The van der Waals surface area contributed by atoms with E-state index in [9.17, 15) is 0 Å². The molecule has 0 saturated heterocycles. The second-order valence-electron chi connectivity index (χ2n) is 5.21. The number of nitrogens with two attached hydrogens (primary N) is 1. The highest BCUT2D eigenvalue weighted by Crippen LogP contribution is 2.34. The lowest BCUT2D eigenvalue weighted by atomic mass is 9.97. The number of methoxy groups -OCH3 is 1. The Bertz CT molecular complexity index is 342. The Morgan fingerprint density at radius 2 is 1.94 bits per heavy atom. The highest BCUT2D eigenvalue weighted by atomic mass is 32.1. The zero-order valence-corrected chi connectivity index (χ0v) is 12.4. The number of nitrogens with zero attached hydrogens (tertiary/aromatic N) is 1. The van der Waals surface area contributed by atoms with E-state index in [1.807, 2.05) is 13.8 Å². The average molecular weight is 256 g/mol. The molecule has 0 aliphatic carbocycles. The summed E-state index contributed by atoms with van der Waals surface area (Å²) in [6.07, 6.45) is 2.69. The number of rotatable bonds is 6. The highest BCUT2D eigenvalue weighted by Gasteiger charge is 2.31. The Morgan fingerprint density at radius 1 is 1.35 bits per heavy atom. The molecule has 1 aromatic heterocycles. The SMILES string of the molecule is CCC(CC)(OC)c1nc(CC(C)(C)N)cs1. The van der Waals surface area contributed by atoms with Crippen LogP contribution in [0.25, 0.3) is 0 Å². The fourth-order valence-corrected chi connectivity index (χ4v) is 3.13. The zero-order chi connectivity index (χ0) is 13.1. The monoisotopic (exact) mass is 256 g/mol. The van der Waals surface area contributed by atoms with Crippen molar-refractivity contribution in [1.29, 1.82) is 0 Å². The van der Waals surface area contributed by atoms with E-state index in [0.29, 0.717) is 0 Å². The fourth-order valence-electron chi connectivity index (χ4n) is 1.99. The Kier molecular flexibility index (Phi) is 4.69. The lowest BCUT2D eigenvalue weighted by molar-refractivity contribution is -0.0220. The van der Waals surface area contributed by atoms with Crippen LogP contribution in [0.15, 0.2) is 5.38 Å². The minimum Gasteiger partial charge on any atom is -0.371 e. The Hall–Kier alpha value is -0.450. The molecule has 2 N–H and O–H groups in total. The third-order valence-corrected chi connectivity index (χ3v) is 4.19. The van der Waals surface area contributed by atoms with Gasteiger partial charge in [-0.1, -0.05) is 13.8 Å². The van der Waals surface area contributed by atoms with E-state index in [-0.39, 0.29) is 11.1 Å². The summed E-state index contributed by atoms with van der Waals surface area (Å²) >= 11 is 1.68. The first kappa shape index (κ1) is 14.6. The van der Waals surface area contributed by atoms with E-state index in [1.54, 1.807) is 18.4 Å². The summed E-state index contributed by atoms with van der Waals surface area (Å²) in [6.45, 7) is 8.33. The zero-order valence-electron chi connectivity index (χ0n) is 11.5. The second-order valence-corrected chi connectivity index (χ2v) is 6.07. The van der Waals surface area contributed by atoms with Gasteiger partial charge in [-0.3, -0.25) is 0 Å². The summed E-state index contributed by atoms with van der Waals surface area (Å²) < 4.78 is 5.68. The maximum Gasteiger partial charge on any atom is 0.125 e. The lowest BCUT2D eigenvalue weighted by Gasteiger charge is -2.27. The lowest BCUT2D eigenvalue weighted by Crippen LogP contribution is -2.34. The first-order valence-corrected chi connectivity index (χ1v) is 7.03. The number of hydrogen-bond donors (Lipinski definition) is 1. The smallest absolute Gasteiger partial charge is 0.125 e. The van der Waals surface area contributed by atoms with E-state index in [1.165, 1.54) is 0 Å². The molecule has 98 valence electrons. The standard InChI is InChI=1S/C13H24N2OS/c1-6-13(7-2,16-5)11-15-10(9-17-11)8-12(3,4)14/h9H,6-8,14H2,1-5H3. The van der Waals surface area contributed by atoms with Crippen molar-refractivity contribution in [1.82, 2.24) is 4.98 Å². The molecule has 0 unspecified atom stereocenters. The summed E-state index contributed by atoms with van der Waals surface area (Å²) in [5, 5.41) is 3.17. The summed E-state index contributed by atoms with van der Waals surface area (Å²) in [6, 6.07) is 0. The summed E-state index contributed by atoms with van der Waals surface area (Å²) in [5.74, 6) is 0. The van der Waals surface area contributed by atoms with Crippen LogP contribution >= 0.6 is 11.3 Å². The topological polar surface area (TPSA) is 48.1 Å². The van der Waals surface area contributed by atoms with Crippen molar-refractivity contribution < 1.29 is 4.74 Å². The minimum atomic E-state index is -0.221. The van der Waals surface area contributed by atoms with Gasteiger partial charge in [-0.05, 0) is 26.7 Å². The fraction of sp³-hybridized carbons (Fsp3) is 0.769. The van der Waals surface area contributed by atoms with Gasteiger partial charge in [0.25, 0.3) is 0 Å².